The first-order valence-electron chi connectivity index (χ1n) is 5.29. The molecule has 0 heterocycles. The Morgan fingerprint density at radius 2 is 2.00 bits per heavy atom. The van der Waals surface area contributed by atoms with Crippen LogP contribution in [0, 0.1) is 17.8 Å². The smallest absolute Gasteiger partial charge is 0.0357 e. The van der Waals surface area contributed by atoms with Crippen LogP contribution in [0.3, 0.4) is 0 Å². The van der Waals surface area contributed by atoms with Gasteiger partial charge >= 0.3 is 0 Å². The van der Waals surface area contributed by atoms with Crippen LogP contribution >= 0.6 is 0 Å². The van der Waals surface area contributed by atoms with Gasteiger partial charge in [-0.05, 0) is 24.2 Å². The summed E-state index contributed by atoms with van der Waals surface area (Å²) in [6, 6.07) is 0. The third kappa shape index (κ3) is 2.50. The molecule has 0 aromatic rings. The Morgan fingerprint density at radius 1 is 1.36 bits per heavy atom. The topological polar surface area (TPSA) is 0 Å². The Balaban J connectivity index is 2.15. The zero-order valence-corrected chi connectivity index (χ0v) is 8.27. The van der Waals surface area contributed by atoms with Gasteiger partial charge in [-0.15, -0.1) is 0 Å². The normalized spacial score (nSPS) is 31.9. The van der Waals surface area contributed by atoms with Crippen LogP contribution in [0.2, 0.25) is 0 Å². The molecule has 0 nitrogen and oxygen atoms in total. The van der Waals surface area contributed by atoms with Crippen molar-refractivity contribution in [3.05, 3.63) is 0 Å². The molecule has 1 aliphatic rings. The summed E-state index contributed by atoms with van der Waals surface area (Å²) in [7, 11) is 0. The molecular formula is C11H22. The summed E-state index contributed by atoms with van der Waals surface area (Å²) in [5.41, 5.74) is 0. The third-order valence-electron chi connectivity index (χ3n) is 3.23. The maximum Gasteiger partial charge on any atom is -0.0357 e. The lowest BCUT2D eigenvalue weighted by Gasteiger charge is -2.12. The third-order valence-corrected chi connectivity index (χ3v) is 3.23. The highest BCUT2D eigenvalue weighted by molar-refractivity contribution is 4.87. The number of hydrogen-bond acceptors (Lipinski definition) is 0. The predicted molar refractivity (Wildman–Crippen MR) is 50.6 cm³/mol. The number of unbranched alkanes of at least 4 members (excludes halogenated alkanes) is 1. The van der Waals surface area contributed by atoms with Crippen molar-refractivity contribution in [3.63, 3.8) is 0 Å². The van der Waals surface area contributed by atoms with E-state index in [0.29, 0.717) is 0 Å². The standard InChI is InChI=1S/C11H22/c1-4-6-7-10(5-2)11-8-9(11)3/h9-11H,4-8H2,1-3H3. The Kier molecular flexibility index (Phi) is 3.42. The van der Waals surface area contributed by atoms with E-state index < -0.39 is 0 Å². The average Bonchev–Trinajstić information content (AvgIpc) is 2.69. The molecule has 0 N–H and O–H groups in total. The van der Waals surface area contributed by atoms with Crippen molar-refractivity contribution in [2.24, 2.45) is 17.8 Å². The van der Waals surface area contributed by atoms with E-state index in [1.54, 1.807) is 0 Å². The van der Waals surface area contributed by atoms with Crippen molar-refractivity contribution in [1.82, 2.24) is 0 Å². The molecule has 0 aromatic heterocycles. The molecule has 0 amide bonds. The summed E-state index contributed by atoms with van der Waals surface area (Å²) < 4.78 is 0. The van der Waals surface area contributed by atoms with Crippen molar-refractivity contribution in [3.8, 4) is 0 Å². The first kappa shape index (κ1) is 9.09. The second-order valence-electron chi connectivity index (χ2n) is 4.19. The first-order chi connectivity index (χ1) is 5.29. The monoisotopic (exact) mass is 154 g/mol. The van der Waals surface area contributed by atoms with Crippen molar-refractivity contribution < 1.29 is 0 Å². The van der Waals surface area contributed by atoms with Crippen LogP contribution in [0.1, 0.15) is 52.9 Å². The molecule has 1 rings (SSSR count). The summed E-state index contributed by atoms with van der Waals surface area (Å²) in [4.78, 5) is 0. The van der Waals surface area contributed by atoms with E-state index in [1.165, 1.54) is 32.1 Å². The second kappa shape index (κ2) is 4.13. The van der Waals surface area contributed by atoms with Gasteiger partial charge < -0.3 is 0 Å². The zero-order chi connectivity index (χ0) is 8.27. The minimum absolute atomic E-state index is 1.05. The molecular weight excluding hydrogens is 132 g/mol. The number of rotatable bonds is 5. The molecule has 11 heavy (non-hydrogen) atoms. The van der Waals surface area contributed by atoms with E-state index in [0.717, 1.165) is 17.8 Å². The van der Waals surface area contributed by atoms with Gasteiger partial charge in [0.05, 0.1) is 0 Å². The summed E-state index contributed by atoms with van der Waals surface area (Å²) >= 11 is 0. The highest BCUT2D eigenvalue weighted by Crippen LogP contribution is 2.46. The zero-order valence-electron chi connectivity index (χ0n) is 8.27. The molecule has 3 unspecified atom stereocenters. The minimum atomic E-state index is 1.05. The molecule has 0 bridgehead atoms. The Bertz CT molecular complexity index is 107. The molecule has 0 radical (unpaired) electrons. The lowest BCUT2D eigenvalue weighted by Crippen LogP contribution is -2.02. The van der Waals surface area contributed by atoms with Gasteiger partial charge in [0, 0.05) is 0 Å². The van der Waals surface area contributed by atoms with Crippen LogP contribution < -0.4 is 0 Å². The molecule has 0 saturated heterocycles. The van der Waals surface area contributed by atoms with Crippen LogP contribution in [0.25, 0.3) is 0 Å². The average molecular weight is 154 g/mol. The van der Waals surface area contributed by atoms with Crippen LogP contribution in [-0.2, 0) is 0 Å². The molecule has 1 saturated carbocycles. The van der Waals surface area contributed by atoms with Crippen molar-refractivity contribution >= 4 is 0 Å². The largest absolute Gasteiger partial charge is 0.0654 e. The van der Waals surface area contributed by atoms with Gasteiger partial charge in [0.1, 0.15) is 0 Å². The second-order valence-corrected chi connectivity index (χ2v) is 4.19. The maximum absolute atomic E-state index is 2.40. The molecule has 0 spiro atoms. The summed E-state index contributed by atoms with van der Waals surface area (Å²) in [6.45, 7) is 7.05. The quantitative estimate of drug-likeness (QED) is 0.564. The van der Waals surface area contributed by atoms with Crippen LogP contribution in [-0.4, -0.2) is 0 Å². The molecule has 1 aliphatic carbocycles. The number of hydrogen-bond donors (Lipinski definition) is 0. The van der Waals surface area contributed by atoms with E-state index in [1.807, 2.05) is 0 Å². The van der Waals surface area contributed by atoms with E-state index in [-0.39, 0.29) is 0 Å². The highest BCUT2D eigenvalue weighted by Gasteiger charge is 2.37. The fraction of sp³-hybridized carbons (Fsp3) is 1.00. The maximum atomic E-state index is 2.40. The van der Waals surface area contributed by atoms with Crippen LogP contribution in [0.5, 0.6) is 0 Å². The Hall–Kier alpha value is 0. The molecule has 3 atom stereocenters. The van der Waals surface area contributed by atoms with Gasteiger partial charge in [-0.2, -0.15) is 0 Å². The molecule has 0 aromatic carbocycles. The van der Waals surface area contributed by atoms with Gasteiger partial charge in [-0.3, -0.25) is 0 Å². The minimum Gasteiger partial charge on any atom is -0.0654 e. The van der Waals surface area contributed by atoms with Gasteiger partial charge in [-0.1, -0.05) is 46.5 Å². The first-order valence-corrected chi connectivity index (χ1v) is 5.29. The summed E-state index contributed by atoms with van der Waals surface area (Å²) in [5.74, 6) is 3.22. The molecule has 0 aliphatic heterocycles. The van der Waals surface area contributed by atoms with Crippen molar-refractivity contribution in [2.75, 3.05) is 0 Å². The predicted octanol–water partition coefficient (Wildman–Crippen LogP) is 3.86. The van der Waals surface area contributed by atoms with Gasteiger partial charge in [0.15, 0.2) is 0 Å². The lowest BCUT2D eigenvalue weighted by atomic mass is 9.93. The van der Waals surface area contributed by atoms with Gasteiger partial charge in [0.2, 0.25) is 0 Å². The summed E-state index contributed by atoms with van der Waals surface area (Å²) in [5, 5.41) is 0. The van der Waals surface area contributed by atoms with Crippen LogP contribution in [0.4, 0.5) is 0 Å². The Labute approximate surface area is 71.4 Å². The highest BCUT2D eigenvalue weighted by atomic mass is 14.4. The Morgan fingerprint density at radius 3 is 2.36 bits per heavy atom. The molecule has 1 fully saturated rings. The van der Waals surface area contributed by atoms with Gasteiger partial charge in [-0.25, -0.2) is 0 Å². The SMILES string of the molecule is CCCCC(CC)C1CC1C. The summed E-state index contributed by atoms with van der Waals surface area (Å²) in [6.07, 6.45) is 7.23. The van der Waals surface area contributed by atoms with E-state index in [2.05, 4.69) is 20.8 Å². The van der Waals surface area contributed by atoms with E-state index in [4.69, 9.17) is 0 Å². The molecule has 0 heteroatoms. The van der Waals surface area contributed by atoms with Crippen molar-refractivity contribution in [1.29, 1.82) is 0 Å². The van der Waals surface area contributed by atoms with Gasteiger partial charge in [0.25, 0.3) is 0 Å². The van der Waals surface area contributed by atoms with E-state index in [9.17, 15) is 0 Å². The fourth-order valence-corrected chi connectivity index (χ4v) is 2.20. The fourth-order valence-electron chi connectivity index (χ4n) is 2.20. The molecule has 66 valence electrons. The lowest BCUT2D eigenvalue weighted by molar-refractivity contribution is 0.385. The van der Waals surface area contributed by atoms with Crippen LogP contribution in [0.15, 0.2) is 0 Å². The van der Waals surface area contributed by atoms with E-state index >= 15 is 0 Å². The van der Waals surface area contributed by atoms with Crippen molar-refractivity contribution in [2.45, 2.75) is 52.9 Å².